The molecule has 2 fully saturated rings. The van der Waals surface area contributed by atoms with E-state index in [0.29, 0.717) is 17.5 Å². The van der Waals surface area contributed by atoms with Crippen LogP contribution in [0.4, 0.5) is 0 Å². The second-order valence-corrected chi connectivity index (χ2v) is 8.76. The van der Waals surface area contributed by atoms with Crippen LogP contribution in [0.25, 0.3) is 11.3 Å². The fraction of sp³-hybridized carbons (Fsp3) is 0.458. The van der Waals surface area contributed by atoms with Gasteiger partial charge in [-0.15, -0.1) is 0 Å². The Morgan fingerprint density at radius 3 is 2.61 bits per heavy atom. The van der Waals surface area contributed by atoms with E-state index in [-0.39, 0.29) is 5.56 Å². The van der Waals surface area contributed by atoms with Crippen molar-refractivity contribution < 1.29 is 0 Å². The standard InChI is InChI=1S/C24H28N6O/c31-23-13-22(20-5-2-9-25-14-20)27-17-30(23)15-18-7-11-29(12-8-18)16-21-6-10-26-24(28-21)19-3-1-4-19/h2,5-6,9-10,13-14,17-19H,1,3-4,7-8,11-12,15-16H2. The first kappa shape index (κ1) is 20.0. The number of nitrogens with zero attached hydrogens (tertiary/aromatic N) is 6. The summed E-state index contributed by atoms with van der Waals surface area (Å²) in [5.41, 5.74) is 2.67. The van der Waals surface area contributed by atoms with Gasteiger partial charge in [-0.3, -0.25) is 19.2 Å². The summed E-state index contributed by atoms with van der Waals surface area (Å²) in [4.78, 5) is 32.9. The van der Waals surface area contributed by atoms with Crippen LogP contribution in [0.15, 0.2) is 54.0 Å². The van der Waals surface area contributed by atoms with Crippen LogP contribution in [-0.2, 0) is 13.1 Å². The molecule has 7 nitrogen and oxygen atoms in total. The Bertz CT molecular complexity index is 1070. The summed E-state index contributed by atoms with van der Waals surface area (Å²) in [7, 11) is 0. The zero-order chi connectivity index (χ0) is 21.0. The van der Waals surface area contributed by atoms with Crippen molar-refractivity contribution in [3.63, 3.8) is 0 Å². The Morgan fingerprint density at radius 2 is 1.90 bits per heavy atom. The second kappa shape index (κ2) is 9.06. The van der Waals surface area contributed by atoms with Crippen molar-refractivity contribution in [1.29, 1.82) is 0 Å². The first-order valence-electron chi connectivity index (χ1n) is 11.3. The quantitative estimate of drug-likeness (QED) is 0.614. The molecular formula is C24H28N6O. The predicted molar refractivity (Wildman–Crippen MR) is 118 cm³/mol. The molecule has 0 amide bonds. The molecule has 0 aromatic carbocycles. The molecule has 1 aliphatic carbocycles. The lowest BCUT2D eigenvalue weighted by molar-refractivity contribution is 0.164. The van der Waals surface area contributed by atoms with E-state index in [2.05, 4.69) is 19.9 Å². The lowest BCUT2D eigenvalue weighted by Crippen LogP contribution is -2.36. The summed E-state index contributed by atoms with van der Waals surface area (Å²) in [6, 6.07) is 7.43. The summed E-state index contributed by atoms with van der Waals surface area (Å²) in [5.74, 6) is 2.10. The van der Waals surface area contributed by atoms with Crippen molar-refractivity contribution in [3.05, 3.63) is 71.1 Å². The van der Waals surface area contributed by atoms with Crippen LogP contribution in [0.5, 0.6) is 0 Å². The summed E-state index contributed by atoms with van der Waals surface area (Å²) in [6.07, 6.45) is 13.0. The van der Waals surface area contributed by atoms with E-state index in [0.717, 1.165) is 56.1 Å². The predicted octanol–water partition coefficient (Wildman–Crippen LogP) is 3.28. The number of rotatable bonds is 6. The molecule has 3 aromatic rings. The van der Waals surface area contributed by atoms with E-state index in [1.165, 1.54) is 19.3 Å². The zero-order valence-corrected chi connectivity index (χ0v) is 17.7. The number of aromatic nitrogens is 5. The Morgan fingerprint density at radius 1 is 1.03 bits per heavy atom. The van der Waals surface area contributed by atoms with Crippen LogP contribution in [0.2, 0.25) is 0 Å². The minimum atomic E-state index is 0.000733. The van der Waals surface area contributed by atoms with Crippen LogP contribution in [0.3, 0.4) is 0 Å². The average Bonchev–Trinajstić information content (AvgIpc) is 2.76. The van der Waals surface area contributed by atoms with Crippen molar-refractivity contribution in [2.75, 3.05) is 13.1 Å². The van der Waals surface area contributed by atoms with Gasteiger partial charge in [0.15, 0.2) is 0 Å². The van der Waals surface area contributed by atoms with Gasteiger partial charge in [0, 0.05) is 49.2 Å². The second-order valence-electron chi connectivity index (χ2n) is 8.76. The van der Waals surface area contributed by atoms with E-state index in [1.807, 2.05) is 24.4 Å². The van der Waals surface area contributed by atoms with Gasteiger partial charge in [0.05, 0.1) is 17.7 Å². The monoisotopic (exact) mass is 416 g/mol. The number of hydrogen-bond donors (Lipinski definition) is 0. The van der Waals surface area contributed by atoms with Crippen LogP contribution < -0.4 is 5.56 Å². The third-order valence-electron chi connectivity index (χ3n) is 6.59. The molecule has 0 bridgehead atoms. The van der Waals surface area contributed by atoms with Crippen LogP contribution in [0.1, 0.15) is 49.5 Å². The first-order valence-corrected chi connectivity index (χ1v) is 11.3. The summed E-state index contributed by atoms with van der Waals surface area (Å²) in [5, 5.41) is 0. The van der Waals surface area contributed by atoms with Crippen molar-refractivity contribution in [2.24, 2.45) is 5.92 Å². The number of likely N-dealkylation sites (tertiary alicyclic amines) is 1. The van der Waals surface area contributed by atoms with Gasteiger partial charge in [-0.1, -0.05) is 6.42 Å². The van der Waals surface area contributed by atoms with Gasteiger partial charge < -0.3 is 0 Å². The SMILES string of the molecule is O=c1cc(-c2cccnc2)ncn1CC1CCN(Cc2ccnc(C3CCC3)n2)CC1. The van der Waals surface area contributed by atoms with Gasteiger partial charge in [0.1, 0.15) is 5.82 Å². The Balaban J connectivity index is 1.15. The molecule has 4 heterocycles. The van der Waals surface area contributed by atoms with Crippen LogP contribution in [-0.4, -0.2) is 42.5 Å². The van der Waals surface area contributed by atoms with E-state index in [9.17, 15) is 4.79 Å². The Labute approximate surface area is 182 Å². The molecule has 0 spiro atoms. The maximum Gasteiger partial charge on any atom is 0.253 e. The molecule has 1 saturated heterocycles. The number of pyridine rings is 1. The highest BCUT2D eigenvalue weighted by atomic mass is 16.1. The molecule has 31 heavy (non-hydrogen) atoms. The molecule has 1 aliphatic heterocycles. The molecule has 0 N–H and O–H groups in total. The first-order chi connectivity index (χ1) is 15.2. The fourth-order valence-corrected chi connectivity index (χ4v) is 4.43. The maximum atomic E-state index is 12.6. The largest absolute Gasteiger partial charge is 0.299 e. The summed E-state index contributed by atoms with van der Waals surface area (Å²) < 4.78 is 1.75. The van der Waals surface area contributed by atoms with Crippen molar-refractivity contribution in [1.82, 2.24) is 29.4 Å². The highest BCUT2D eigenvalue weighted by Gasteiger charge is 2.24. The van der Waals surface area contributed by atoms with E-state index in [4.69, 9.17) is 4.98 Å². The van der Waals surface area contributed by atoms with Gasteiger partial charge in [0.2, 0.25) is 0 Å². The van der Waals surface area contributed by atoms with E-state index >= 15 is 0 Å². The molecule has 5 rings (SSSR count). The molecule has 0 radical (unpaired) electrons. The molecule has 3 aromatic heterocycles. The topological polar surface area (TPSA) is 76.8 Å². The Hall–Kier alpha value is -2.93. The molecule has 0 atom stereocenters. The minimum Gasteiger partial charge on any atom is -0.299 e. The molecular weight excluding hydrogens is 388 g/mol. The number of hydrogen-bond acceptors (Lipinski definition) is 6. The fourth-order valence-electron chi connectivity index (χ4n) is 4.43. The lowest BCUT2D eigenvalue weighted by Gasteiger charge is -2.32. The van der Waals surface area contributed by atoms with Gasteiger partial charge in [-0.25, -0.2) is 15.0 Å². The molecule has 0 unspecified atom stereocenters. The smallest absolute Gasteiger partial charge is 0.253 e. The van der Waals surface area contributed by atoms with Gasteiger partial charge in [0.25, 0.3) is 5.56 Å². The lowest BCUT2D eigenvalue weighted by atomic mass is 9.85. The molecule has 160 valence electrons. The summed E-state index contributed by atoms with van der Waals surface area (Å²) >= 11 is 0. The van der Waals surface area contributed by atoms with Gasteiger partial charge >= 0.3 is 0 Å². The van der Waals surface area contributed by atoms with Gasteiger partial charge in [-0.2, -0.15) is 0 Å². The molecule has 7 heteroatoms. The molecule has 2 aliphatic rings. The van der Waals surface area contributed by atoms with Gasteiger partial charge in [-0.05, 0) is 62.9 Å². The Kier molecular flexibility index (Phi) is 5.84. The maximum absolute atomic E-state index is 12.6. The summed E-state index contributed by atoms with van der Waals surface area (Å²) in [6.45, 7) is 3.68. The number of piperidine rings is 1. The van der Waals surface area contributed by atoms with E-state index < -0.39 is 0 Å². The van der Waals surface area contributed by atoms with Crippen molar-refractivity contribution in [2.45, 2.75) is 51.1 Å². The van der Waals surface area contributed by atoms with Crippen molar-refractivity contribution in [3.8, 4) is 11.3 Å². The third-order valence-corrected chi connectivity index (χ3v) is 6.59. The van der Waals surface area contributed by atoms with Crippen LogP contribution >= 0.6 is 0 Å². The van der Waals surface area contributed by atoms with E-state index in [1.54, 1.807) is 29.4 Å². The zero-order valence-electron chi connectivity index (χ0n) is 17.7. The average molecular weight is 417 g/mol. The van der Waals surface area contributed by atoms with Crippen LogP contribution in [0, 0.1) is 5.92 Å². The third kappa shape index (κ3) is 4.71. The highest BCUT2D eigenvalue weighted by molar-refractivity contribution is 5.56. The molecule has 1 saturated carbocycles. The highest BCUT2D eigenvalue weighted by Crippen LogP contribution is 2.34. The van der Waals surface area contributed by atoms with Crippen molar-refractivity contribution >= 4 is 0 Å². The normalized spacial score (nSPS) is 18.1. The minimum absolute atomic E-state index is 0.000733.